The van der Waals surface area contributed by atoms with Crippen LogP contribution in [-0.4, -0.2) is 33.1 Å². The highest BCUT2D eigenvalue weighted by Crippen LogP contribution is 2.32. The van der Waals surface area contributed by atoms with Gasteiger partial charge in [0.05, 0.1) is 12.8 Å². The molecule has 0 atom stereocenters. The number of hydrogen-bond acceptors (Lipinski definition) is 5. The van der Waals surface area contributed by atoms with Crippen LogP contribution < -0.4 is 10.1 Å². The quantitative estimate of drug-likeness (QED) is 0.758. The van der Waals surface area contributed by atoms with Crippen LogP contribution in [0, 0.1) is 5.92 Å². The number of rotatable bonds is 5. The van der Waals surface area contributed by atoms with Gasteiger partial charge in [0.2, 0.25) is 0 Å². The van der Waals surface area contributed by atoms with Gasteiger partial charge in [0.15, 0.2) is 23.0 Å². The summed E-state index contributed by atoms with van der Waals surface area (Å²) in [6.07, 6.45) is 8.16. The number of aromatic nitrogens is 3. The molecule has 1 aliphatic rings. The minimum atomic E-state index is 0.118. The van der Waals surface area contributed by atoms with E-state index in [1.54, 1.807) is 18.3 Å². The number of anilines is 1. The molecule has 6 nitrogen and oxygen atoms in total. The molecule has 2 N–H and O–H groups in total. The van der Waals surface area contributed by atoms with Crippen molar-refractivity contribution in [3.63, 3.8) is 0 Å². The summed E-state index contributed by atoms with van der Waals surface area (Å²) >= 11 is 0. The smallest absolute Gasteiger partial charge is 0.180 e. The number of imidazole rings is 1. The lowest BCUT2D eigenvalue weighted by Crippen LogP contribution is -2.07. The van der Waals surface area contributed by atoms with Crippen LogP contribution in [-0.2, 0) is 0 Å². The average Bonchev–Trinajstić information content (AvgIpc) is 3.28. The molecule has 6 heteroatoms. The molecule has 0 radical (unpaired) electrons. The highest BCUT2D eigenvalue weighted by molar-refractivity contribution is 5.70. The van der Waals surface area contributed by atoms with E-state index in [1.165, 1.54) is 20.0 Å². The second-order valence-electron chi connectivity index (χ2n) is 5.84. The summed E-state index contributed by atoms with van der Waals surface area (Å²) in [5, 5.41) is 13.2. The van der Waals surface area contributed by atoms with Crippen LogP contribution in [0.1, 0.15) is 12.8 Å². The van der Waals surface area contributed by atoms with Crippen LogP contribution in [0.3, 0.4) is 0 Å². The van der Waals surface area contributed by atoms with Gasteiger partial charge in [-0.15, -0.1) is 0 Å². The van der Waals surface area contributed by atoms with Crippen molar-refractivity contribution >= 4 is 11.5 Å². The number of nitrogens with one attached hydrogen (secondary N) is 1. The van der Waals surface area contributed by atoms with Crippen LogP contribution in [0.2, 0.25) is 0 Å². The van der Waals surface area contributed by atoms with E-state index < -0.39 is 0 Å². The predicted molar refractivity (Wildman–Crippen MR) is 87.9 cm³/mol. The number of fused-ring (bicyclic) bond motifs is 1. The maximum Gasteiger partial charge on any atom is 0.180 e. The Labute approximate surface area is 133 Å². The predicted octanol–water partition coefficient (Wildman–Crippen LogP) is 2.93. The van der Waals surface area contributed by atoms with Crippen molar-refractivity contribution in [2.45, 2.75) is 12.8 Å². The molecule has 0 spiro atoms. The van der Waals surface area contributed by atoms with E-state index in [0.29, 0.717) is 5.75 Å². The van der Waals surface area contributed by atoms with Gasteiger partial charge in [-0.1, -0.05) is 0 Å². The number of benzene rings is 1. The number of phenols is 1. The molecule has 118 valence electrons. The molecule has 1 aromatic carbocycles. The van der Waals surface area contributed by atoms with Gasteiger partial charge < -0.3 is 19.6 Å². The number of aromatic hydroxyl groups is 1. The molecular formula is C17H18N4O2. The molecule has 0 unspecified atom stereocenters. The number of methoxy groups -OCH3 is 1. The Bertz CT molecular complexity index is 855. The third-order valence-electron chi connectivity index (χ3n) is 4.10. The highest BCUT2D eigenvalue weighted by Gasteiger charge is 2.21. The zero-order valence-corrected chi connectivity index (χ0v) is 12.9. The fourth-order valence-corrected chi connectivity index (χ4v) is 2.59. The van der Waals surface area contributed by atoms with E-state index >= 15 is 0 Å². The molecular weight excluding hydrogens is 292 g/mol. The van der Waals surface area contributed by atoms with E-state index in [0.717, 1.165) is 35.2 Å². The monoisotopic (exact) mass is 310 g/mol. The number of phenolic OH excluding ortho intramolecular Hbond substituents is 1. The molecule has 0 amide bonds. The van der Waals surface area contributed by atoms with Crippen LogP contribution >= 0.6 is 0 Å². The fourth-order valence-electron chi connectivity index (χ4n) is 2.59. The van der Waals surface area contributed by atoms with Gasteiger partial charge in [-0.25, -0.2) is 9.97 Å². The number of nitrogens with zero attached hydrogens (tertiary/aromatic N) is 3. The summed E-state index contributed by atoms with van der Waals surface area (Å²) in [6, 6.07) is 5.23. The fraction of sp³-hybridized carbons (Fsp3) is 0.294. The molecule has 1 aliphatic carbocycles. The van der Waals surface area contributed by atoms with Crippen LogP contribution in [0.5, 0.6) is 11.5 Å². The van der Waals surface area contributed by atoms with Gasteiger partial charge in [-0.3, -0.25) is 0 Å². The van der Waals surface area contributed by atoms with Gasteiger partial charge in [-0.05, 0) is 37.0 Å². The molecule has 3 aromatic rings. The lowest BCUT2D eigenvalue weighted by molar-refractivity contribution is 0.373. The molecule has 23 heavy (non-hydrogen) atoms. The Morgan fingerprint density at radius 2 is 2.26 bits per heavy atom. The first-order valence-electron chi connectivity index (χ1n) is 7.69. The molecule has 1 fully saturated rings. The maximum absolute atomic E-state index is 9.75. The van der Waals surface area contributed by atoms with Crippen molar-refractivity contribution in [2.75, 3.05) is 19.0 Å². The normalized spacial score (nSPS) is 14.1. The lowest BCUT2D eigenvalue weighted by atomic mass is 10.1. The molecule has 4 rings (SSSR count). The Balaban J connectivity index is 1.76. The first kappa shape index (κ1) is 13.9. The van der Waals surface area contributed by atoms with E-state index in [-0.39, 0.29) is 5.75 Å². The standard InChI is InChI=1S/C17H18N4O2/c1-23-15-8-12(4-5-14(15)22)13-10-21-7-6-18-17(21)16(20-13)19-9-11-2-3-11/h4-8,10-11,22H,2-3,9H2,1H3,(H,19,20). The second-order valence-corrected chi connectivity index (χ2v) is 5.84. The minimum Gasteiger partial charge on any atom is -0.504 e. The van der Waals surface area contributed by atoms with Crippen molar-refractivity contribution in [2.24, 2.45) is 5.92 Å². The molecule has 2 heterocycles. The summed E-state index contributed by atoms with van der Waals surface area (Å²) in [5.41, 5.74) is 2.50. The Morgan fingerprint density at radius 1 is 1.39 bits per heavy atom. The molecule has 1 saturated carbocycles. The highest BCUT2D eigenvalue weighted by atomic mass is 16.5. The number of ether oxygens (including phenoxy) is 1. The third-order valence-corrected chi connectivity index (χ3v) is 4.10. The molecule has 0 aliphatic heterocycles. The Hall–Kier alpha value is -2.76. The molecule has 0 saturated heterocycles. The first-order valence-corrected chi connectivity index (χ1v) is 7.69. The van der Waals surface area contributed by atoms with E-state index in [9.17, 15) is 5.11 Å². The van der Waals surface area contributed by atoms with E-state index in [2.05, 4.69) is 10.3 Å². The topological polar surface area (TPSA) is 71.7 Å². The van der Waals surface area contributed by atoms with Crippen LogP contribution in [0.15, 0.2) is 36.8 Å². The summed E-state index contributed by atoms with van der Waals surface area (Å²) in [5.74, 6) is 2.09. The van der Waals surface area contributed by atoms with Crippen molar-refractivity contribution in [1.29, 1.82) is 0 Å². The van der Waals surface area contributed by atoms with Crippen molar-refractivity contribution < 1.29 is 9.84 Å². The van der Waals surface area contributed by atoms with Crippen molar-refractivity contribution in [3.05, 3.63) is 36.8 Å². The second kappa shape index (κ2) is 5.46. The average molecular weight is 310 g/mol. The minimum absolute atomic E-state index is 0.118. The van der Waals surface area contributed by atoms with E-state index in [4.69, 9.17) is 9.72 Å². The number of hydrogen-bond donors (Lipinski definition) is 2. The zero-order chi connectivity index (χ0) is 15.8. The maximum atomic E-state index is 9.75. The molecule has 0 bridgehead atoms. The van der Waals surface area contributed by atoms with Gasteiger partial charge >= 0.3 is 0 Å². The lowest BCUT2D eigenvalue weighted by Gasteiger charge is -2.11. The van der Waals surface area contributed by atoms with Gasteiger partial charge in [0, 0.05) is 30.7 Å². The summed E-state index contributed by atoms with van der Waals surface area (Å²) in [4.78, 5) is 9.09. The SMILES string of the molecule is COc1cc(-c2cn3ccnc3c(NCC3CC3)n2)ccc1O. The van der Waals surface area contributed by atoms with Gasteiger partial charge in [-0.2, -0.15) is 0 Å². The van der Waals surface area contributed by atoms with Gasteiger partial charge in [0.25, 0.3) is 0 Å². The largest absolute Gasteiger partial charge is 0.504 e. The Kier molecular flexibility index (Phi) is 3.29. The zero-order valence-electron chi connectivity index (χ0n) is 12.9. The summed E-state index contributed by atoms with van der Waals surface area (Å²) in [7, 11) is 1.54. The van der Waals surface area contributed by atoms with Crippen LogP contribution in [0.4, 0.5) is 5.82 Å². The third kappa shape index (κ3) is 2.67. The van der Waals surface area contributed by atoms with Gasteiger partial charge in [0.1, 0.15) is 0 Å². The van der Waals surface area contributed by atoms with Crippen molar-refractivity contribution in [3.8, 4) is 22.8 Å². The summed E-state index contributed by atoms with van der Waals surface area (Å²) < 4.78 is 7.14. The van der Waals surface area contributed by atoms with Crippen molar-refractivity contribution in [1.82, 2.24) is 14.4 Å². The molecule has 2 aromatic heterocycles. The van der Waals surface area contributed by atoms with E-state index in [1.807, 2.05) is 22.9 Å². The Morgan fingerprint density at radius 3 is 3.04 bits per heavy atom. The first-order chi connectivity index (χ1) is 11.2. The van der Waals surface area contributed by atoms with Crippen LogP contribution in [0.25, 0.3) is 16.9 Å². The summed E-state index contributed by atoms with van der Waals surface area (Å²) in [6.45, 7) is 0.928.